The number of rotatable bonds is 15. The van der Waals surface area contributed by atoms with Crippen LogP contribution in [0, 0.1) is 15.5 Å². The van der Waals surface area contributed by atoms with E-state index >= 15 is 4.39 Å². The number of ether oxygens (including phenoxy) is 1. The Kier molecular flexibility index (Phi) is 12.8. The van der Waals surface area contributed by atoms with Crippen molar-refractivity contribution in [2.24, 2.45) is 5.41 Å². The number of amides is 1. The molecule has 1 aliphatic carbocycles. The van der Waals surface area contributed by atoms with Crippen LogP contribution < -0.4 is 19.7 Å². The first kappa shape index (κ1) is 48.5. The predicted molar refractivity (Wildman–Crippen MR) is 273 cm³/mol. The van der Waals surface area contributed by atoms with Crippen LogP contribution >= 0.6 is 0 Å². The zero-order valence-electron chi connectivity index (χ0n) is 41.2. The summed E-state index contributed by atoms with van der Waals surface area (Å²) in [7, 11) is -4.81. The molecule has 4 N–H and O–H groups in total. The van der Waals surface area contributed by atoms with E-state index in [9.17, 15) is 23.3 Å². The number of aromatic amines is 2. The molecule has 4 aliphatic rings. The van der Waals surface area contributed by atoms with E-state index in [1.807, 2.05) is 6.07 Å². The van der Waals surface area contributed by atoms with Crippen molar-refractivity contribution in [1.29, 1.82) is 0 Å². The number of nitro groups is 1. The summed E-state index contributed by atoms with van der Waals surface area (Å²) >= 11 is 0. The molecule has 6 heterocycles. The minimum atomic E-state index is -4.81. The molecular formula is C52H64FN11O6S. The minimum Gasteiger partial charge on any atom is -0.455 e. The Bertz CT molecular complexity index is 3080. The molecule has 10 rings (SSSR count). The highest BCUT2D eigenvalue weighted by molar-refractivity contribution is 7.90. The first-order valence-electron chi connectivity index (χ1n) is 24.9. The molecule has 3 aromatic carbocycles. The quantitative estimate of drug-likeness (QED) is 0.0563. The number of nitrogens with one attached hydrogen (secondary N) is 4. The molecule has 1 saturated carbocycles. The summed E-state index contributed by atoms with van der Waals surface area (Å²) in [4.78, 5) is 49.8. The number of hydrogen-bond donors (Lipinski definition) is 4. The number of pyridine rings is 1. The van der Waals surface area contributed by atoms with Crippen molar-refractivity contribution in [2.75, 3.05) is 62.6 Å². The van der Waals surface area contributed by atoms with Gasteiger partial charge in [-0.2, -0.15) is 0 Å². The molecule has 4 fully saturated rings. The fourth-order valence-electron chi connectivity index (χ4n) is 11.5. The van der Waals surface area contributed by atoms with Crippen LogP contribution in [0.4, 0.5) is 21.5 Å². The zero-order valence-corrected chi connectivity index (χ0v) is 42.1. The van der Waals surface area contributed by atoms with Gasteiger partial charge in [0, 0.05) is 111 Å². The van der Waals surface area contributed by atoms with E-state index in [4.69, 9.17) is 4.74 Å². The fourth-order valence-corrected chi connectivity index (χ4v) is 12.6. The zero-order chi connectivity index (χ0) is 50.0. The number of hydrogen-bond acceptors (Lipinski definition) is 13. The van der Waals surface area contributed by atoms with Crippen LogP contribution in [0.1, 0.15) is 101 Å². The largest absolute Gasteiger partial charge is 0.455 e. The topological polar surface area (TPSA) is 198 Å². The number of likely N-dealkylation sites (tertiary alicyclic amines) is 1. The molecule has 1 amide bonds. The summed E-state index contributed by atoms with van der Waals surface area (Å²) in [6, 6.07) is 20.0. The SMILES string of the molecule is CC(C)c1ccccc1C1CN(C(C)C)CCN1C1CC2(C1)CN(c1ccc(C(=O)NS(=O)(=O)c3cc([N+](=O)[O-])c(NCC4(F)CCN(C(C)C)CC4)c4[nH]cnc34)c(Oc3cnc4[nH]ccc4c3)c1)C2. The third-order valence-electron chi connectivity index (χ3n) is 15.6. The highest BCUT2D eigenvalue weighted by Crippen LogP contribution is 2.54. The van der Waals surface area contributed by atoms with Crippen molar-refractivity contribution in [3.05, 3.63) is 106 Å². The Balaban J connectivity index is 0.880. The number of aromatic nitrogens is 4. The molecule has 71 heavy (non-hydrogen) atoms. The number of nitrogens with zero attached hydrogens (tertiary/aromatic N) is 7. The number of carbonyl (C=O) groups excluding carboxylic acids is 1. The van der Waals surface area contributed by atoms with Crippen molar-refractivity contribution in [1.82, 2.24) is 39.4 Å². The molecule has 6 aromatic rings. The first-order valence-corrected chi connectivity index (χ1v) is 26.4. The Morgan fingerprint density at radius 3 is 2.41 bits per heavy atom. The average Bonchev–Trinajstić information content (AvgIpc) is 4.00. The lowest BCUT2D eigenvalue weighted by molar-refractivity contribution is -0.384. The third-order valence-corrected chi connectivity index (χ3v) is 16.9. The van der Waals surface area contributed by atoms with E-state index in [1.54, 1.807) is 24.4 Å². The van der Waals surface area contributed by atoms with E-state index in [0.29, 0.717) is 48.5 Å². The highest BCUT2D eigenvalue weighted by Gasteiger charge is 2.55. The number of carbonyl (C=O) groups is 1. The van der Waals surface area contributed by atoms with E-state index in [1.165, 1.54) is 29.7 Å². The first-order chi connectivity index (χ1) is 33.9. The monoisotopic (exact) mass is 989 g/mol. The lowest BCUT2D eigenvalue weighted by Crippen LogP contribution is -2.68. The van der Waals surface area contributed by atoms with Gasteiger partial charge < -0.3 is 29.8 Å². The maximum atomic E-state index is 16.0. The Morgan fingerprint density at radius 2 is 1.69 bits per heavy atom. The van der Waals surface area contributed by atoms with Gasteiger partial charge in [-0.25, -0.2) is 27.5 Å². The number of piperazine rings is 1. The summed E-state index contributed by atoms with van der Waals surface area (Å²) in [5, 5.41) is 16.2. The number of nitro benzene ring substituents is 1. The molecule has 1 unspecified atom stereocenters. The molecule has 19 heteroatoms. The molecule has 1 spiro atoms. The van der Waals surface area contributed by atoms with E-state index in [-0.39, 0.29) is 58.9 Å². The minimum absolute atomic E-state index is 0.00801. The fraction of sp³-hybridized carbons (Fsp3) is 0.481. The number of fused-ring (bicyclic) bond motifs is 2. The van der Waals surface area contributed by atoms with E-state index in [2.05, 4.69) is 115 Å². The number of benzene rings is 3. The van der Waals surface area contributed by atoms with E-state index in [0.717, 1.165) is 62.7 Å². The molecule has 376 valence electrons. The highest BCUT2D eigenvalue weighted by atomic mass is 32.2. The van der Waals surface area contributed by atoms with Gasteiger partial charge in [0.05, 0.1) is 28.5 Å². The van der Waals surface area contributed by atoms with Gasteiger partial charge in [0.1, 0.15) is 38.9 Å². The molecule has 3 aliphatic heterocycles. The predicted octanol–water partition coefficient (Wildman–Crippen LogP) is 8.74. The smallest absolute Gasteiger partial charge is 0.296 e. The number of anilines is 2. The second-order valence-electron chi connectivity index (χ2n) is 21.1. The maximum Gasteiger partial charge on any atom is 0.296 e. The van der Waals surface area contributed by atoms with E-state index < -0.39 is 37.1 Å². The van der Waals surface area contributed by atoms with Gasteiger partial charge in [-0.05, 0) is 94.7 Å². The van der Waals surface area contributed by atoms with Crippen LogP contribution in [0.25, 0.3) is 22.1 Å². The number of alkyl halides is 1. The van der Waals surface area contributed by atoms with Crippen LogP contribution in [-0.2, 0) is 10.0 Å². The van der Waals surface area contributed by atoms with Crippen molar-refractivity contribution in [2.45, 2.75) is 108 Å². The summed E-state index contributed by atoms with van der Waals surface area (Å²) in [6.07, 6.45) is 7.10. The molecule has 3 saturated heterocycles. The Labute approximate surface area is 413 Å². The summed E-state index contributed by atoms with van der Waals surface area (Å²) in [5.41, 5.74) is 1.86. The summed E-state index contributed by atoms with van der Waals surface area (Å²) in [5.74, 6) is -0.158. The van der Waals surface area contributed by atoms with Crippen molar-refractivity contribution in [3.63, 3.8) is 0 Å². The van der Waals surface area contributed by atoms with Crippen molar-refractivity contribution >= 4 is 55.1 Å². The van der Waals surface area contributed by atoms with Crippen LogP contribution in [-0.4, -0.2) is 130 Å². The lowest BCUT2D eigenvalue weighted by Gasteiger charge is -2.63. The Morgan fingerprint density at radius 1 is 0.944 bits per heavy atom. The Hall–Kier alpha value is -6.15. The van der Waals surface area contributed by atoms with Crippen LogP contribution in [0.2, 0.25) is 0 Å². The second-order valence-corrected chi connectivity index (χ2v) is 22.8. The van der Waals surface area contributed by atoms with Gasteiger partial charge in [-0.15, -0.1) is 0 Å². The molecule has 17 nitrogen and oxygen atoms in total. The van der Waals surface area contributed by atoms with Crippen molar-refractivity contribution in [3.8, 4) is 11.5 Å². The standard InChI is InChI=1S/C52H64FN11O6S/c1-32(2)39-9-7-8-10-40(39)43-27-61(34(5)6)19-20-63(43)37-24-51(25-37)29-62(30-51)36-11-12-41(44(22-36)70-38-21-35-13-16-54-49(35)55-26-38)50(65)59-71(68,69)45-23-42(64(66)67)46(48-47(45)57-31-58-48)56-28-52(53)14-17-60(18-15-52)33(3)4/h7-13,16,21-23,26,31-34,37,43,56H,14-15,17-20,24-25,27-30H2,1-6H3,(H,54,55)(H,57,58)(H,59,65). The van der Waals surface area contributed by atoms with Gasteiger partial charge in [-0.1, -0.05) is 38.1 Å². The van der Waals surface area contributed by atoms with Crippen LogP contribution in [0.3, 0.4) is 0 Å². The number of piperidine rings is 1. The summed E-state index contributed by atoms with van der Waals surface area (Å²) < 4.78 is 53.1. The molecule has 1 atom stereocenters. The number of halogens is 1. The maximum absolute atomic E-state index is 16.0. The van der Waals surface area contributed by atoms with Crippen molar-refractivity contribution < 1.29 is 27.3 Å². The average molecular weight is 990 g/mol. The normalized spacial score (nSPS) is 20.0. The molecule has 0 radical (unpaired) electrons. The third kappa shape index (κ3) is 9.44. The molecule has 0 bridgehead atoms. The van der Waals surface area contributed by atoms with Crippen LogP contribution in [0.5, 0.6) is 11.5 Å². The molecular weight excluding hydrogens is 926 g/mol. The van der Waals surface area contributed by atoms with Crippen LogP contribution in [0.15, 0.2) is 84.3 Å². The number of sulfonamides is 1. The van der Waals surface area contributed by atoms with Gasteiger partial charge in [-0.3, -0.25) is 24.7 Å². The summed E-state index contributed by atoms with van der Waals surface area (Å²) in [6.45, 7) is 18.8. The number of H-pyrrole nitrogens is 2. The number of imidazole rings is 1. The van der Waals surface area contributed by atoms with Gasteiger partial charge >= 0.3 is 0 Å². The lowest BCUT2D eigenvalue weighted by atomic mass is 9.59. The van der Waals surface area contributed by atoms with Gasteiger partial charge in [0.15, 0.2) is 0 Å². The molecule has 3 aromatic heterocycles. The second kappa shape index (κ2) is 18.8. The van der Waals surface area contributed by atoms with Gasteiger partial charge in [0.2, 0.25) is 0 Å². The van der Waals surface area contributed by atoms with Gasteiger partial charge in [0.25, 0.3) is 21.6 Å².